The lowest BCUT2D eigenvalue weighted by Gasteiger charge is -2.31. The van der Waals surface area contributed by atoms with E-state index in [2.05, 4.69) is 62.5 Å². The molecule has 1 N–H and O–H groups in total. The van der Waals surface area contributed by atoms with Gasteiger partial charge in [-0.25, -0.2) is 4.79 Å². The molecule has 0 saturated heterocycles. The number of carboxylic acids is 1. The van der Waals surface area contributed by atoms with E-state index in [1.165, 1.54) is 128 Å². The van der Waals surface area contributed by atoms with Crippen molar-refractivity contribution in [2.75, 3.05) is 41.0 Å². The molecule has 0 rings (SSSR count). The first-order valence-electron chi connectivity index (χ1n) is 26.7. The second kappa shape index (κ2) is 46.8. The molecule has 0 aliphatic carbocycles. The fourth-order valence-electron chi connectivity index (χ4n) is 7.91. The van der Waals surface area contributed by atoms with Gasteiger partial charge in [-0.1, -0.05) is 217 Å². The Hall–Kier alpha value is -2.71. The average Bonchev–Trinajstić information content (AvgIpc) is 3.26. The molecule has 2 unspecified atom stereocenters. The van der Waals surface area contributed by atoms with Crippen LogP contribution in [0.25, 0.3) is 0 Å². The van der Waals surface area contributed by atoms with Gasteiger partial charge in [0.2, 0.25) is 0 Å². The summed E-state index contributed by atoms with van der Waals surface area (Å²) in [6.07, 6.45) is 57.3. The molecule has 0 aromatic rings. The number of likely N-dealkylation sites (N-methyl/N-ethyl adjacent to an activating group) is 1. The Labute approximate surface area is 395 Å². The zero-order valence-corrected chi connectivity index (χ0v) is 42.5. The van der Waals surface area contributed by atoms with Crippen molar-refractivity contribution in [2.24, 2.45) is 0 Å². The number of nitrogens with zero attached hydrogens (tertiary/aromatic N) is 1. The van der Waals surface area contributed by atoms with E-state index in [1.807, 2.05) is 21.1 Å². The summed E-state index contributed by atoms with van der Waals surface area (Å²) in [5.41, 5.74) is 0. The van der Waals surface area contributed by atoms with E-state index in [-0.39, 0.29) is 36.2 Å². The standard InChI is InChI=1S/C56H101NO7/c1-6-8-10-12-14-16-18-20-22-24-26-27-29-30-32-34-36-38-40-42-44-46-54(58)63-51-52(50-62-49-48-53(56(60)61)57(3,4)5)64-55(59)47-45-43-41-39-37-35-33-31-28-25-23-21-19-17-15-13-11-9-7-2/h9,11,15,17,21,23,28,31,52-53H,6-8,10,12-14,16,18-20,22,24-27,29-30,32-51H2,1-5H3/p+1/b11-9-,17-15-,23-21-,31-28-. The number of rotatable bonds is 48. The Morgan fingerprint density at radius 3 is 1.30 bits per heavy atom. The van der Waals surface area contributed by atoms with Crippen LogP contribution >= 0.6 is 0 Å². The number of allylic oxidation sites excluding steroid dienone is 8. The molecule has 0 bridgehead atoms. The second-order valence-corrected chi connectivity index (χ2v) is 19.1. The number of quaternary nitrogens is 1. The number of unbranched alkanes of at least 4 members (excludes halogenated alkanes) is 26. The summed E-state index contributed by atoms with van der Waals surface area (Å²) in [5.74, 6) is -1.47. The van der Waals surface area contributed by atoms with Gasteiger partial charge in [0.05, 0.1) is 34.4 Å². The Kier molecular flexibility index (Phi) is 44.8. The molecule has 8 heteroatoms. The van der Waals surface area contributed by atoms with Crippen molar-refractivity contribution < 1.29 is 38.2 Å². The van der Waals surface area contributed by atoms with Gasteiger partial charge in [0.15, 0.2) is 12.1 Å². The minimum Gasteiger partial charge on any atom is -0.477 e. The van der Waals surface area contributed by atoms with Gasteiger partial charge in [-0.3, -0.25) is 9.59 Å². The molecule has 0 spiro atoms. The number of hydrogen-bond acceptors (Lipinski definition) is 6. The van der Waals surface area contributed by atoms with Gasteiger partial charge in [0, 0.05) is 19.3 Å². The Morgan fingerprint density at radius 1 is 0.484 bits per heavy atom. The largest absolute Gasteiger partial charge is 0.477 e. The lowest BCUT2D eigenvalue weighted by molar-refractivity contribution is -0.887. The van der Waals surface area contributed by atoms with Crippen molar-refractivity contribution in [1.29, 1.82) is 0 Å². The summed E-state index contributed by atoms with van der Waals surface area (Å²) < 4.78 is 17.4. The molecule has 0 saturated carbocycles. The molecule has 0 aliphatic heterocycles. The topological polar surface area (TPSA) is 99.1 Å². The van der Waals surface area contributed by atoms with Crippen LogP contribution in [0, 0.1) is 0 Å². The summed E-state index contributed by atoms with van der Waals surface area (Å²) in [6.45, 7) is 4.64. The van der Waals surface area contributed by atoms with Crippen LogP contribution in [-0.4, -0.2) is 80.6 Å². The van der Waals surface area contributed by atoms with Crippen LogP contribution in [-0.2, 0) is 28.6 Å². The van der Waals surface area contributed by atoms with Crippen molar-refractivity contribution in [2.45, 2.75) is 251 Å². The quantitative estimate of drug-likeness (QED) is 0.0281. The molecule has 0 heterocycles. The molecule has 0 aromatic heterocycles. The molecule has 0 amide bonds. The third-order valence-electron chi connectivity index (χ3n) is 12.0. The summed E-state index contributed by atoms with van der Waals surface area (Å²) in [4.78, 5) is 37.2. The number of carboxylic acid groups (broad SMARTS) is 1. The number of esters is 2. The summed E-state index contributed by atoms with van der Waals surface area (Å²) in [6, 6.07) is -0.618. The molecule has 0 aliphatic rings. The fourth-order valence-corrected chi connectivity index (χ4v) is 7.91. The Morgan fingerprint density at radius 2 is 0.875 bits per heavy atom. The smallest absolute Gasteiger partial charge is 0.362 e. The molecule has 0 radical (unpaired) electrons. The summed E-state index contributed by atoms with van der Waals surface area (Å²) in [5, 5.41) is 9.66. The molecule has 8 nitrogen and oxygen atoms in total. The van der Waals surface area contributed by atoms with Gasteiger partial charge in [-0.15, -0.1) is 0 Å². The maximum absolute atomic E-state index is 12.8. The molecule has 372 valence electrons. The predicted molar refractivity (Wildman–Crippen MR) is 271 cm³/mol. The van der Waals surface area contributed by atoms with Crippen LogP contribution in [0.1, 0.15) is 239 Å². The average molecular weight is 901 g/mol. The van der Waals surface area contributed by atoms with Crippen LogP contribution in [0.4, 0.5) is 0 Å². The van der Waals surface area contributed by atoms with Gasteiger partial charge in [-0.05, 0) is 51.4 Å². The van der Waals surface area contributed by atoms with Crippen LogP contribution < -0.4 is 0 Å². The van der Waals surface area contributed by atoms with Crippen LogP contribution in [0.2, 0.25) is 0 Å². The van der Waals surface area contributed by atoms with Crippen molar-refractivity contribution in [3.63, 3.8) is 0 Å². The van der Waals surface area contributed by atoms with E-state index in [0.29, 0.717) is 19.3 Å². The Bertz CT molecular complexity index is 1190. The molecule has 64 heavy (non-hydrogen) atoms. The third kappa shape index (κ3) is 44.5. The summed E-state index contributed by atoms with van der Waals surface area (Å²) >= 11 is 0. The zero-order chi connectivity index (χ0) is 47.0. The highest BCUT2D eigenvalue weighted by Crippen LogP contribution is 2.16. The number of carbonyl (C=O) groups is 3. The zero-order valence-electron chi connectivity index (χ0n) is 42.5. The maximum atomic E-state index is 12.8. The fraction of sp³-hybridized carbons (Fsp3) is 0.804. The van der Waals surface area contributed by atoms with E-state index in [0.717, 1.165) is 77.0 Å². The van der Waals surface area contributed by atoms with E-state index in [4.69, 9.17) is 14.2 Å². The lowest BCUT2D eigenvalue weighted by atomic mass is 10.0. The van der Waals surface area contributed by atoms with Gasteiger partial charge < -0.3 is 23.8 Å². The molecule has 2 atom stereocenters. The third-order valence-corrected chi connectivity index (χ3v) is 12.0. The van der Waals surface area contributed by atoms with E-state index in [1.54, 1.807) is 0 Å². The normalized spacial score (nSPS) is 13.2. The van der Waals surface area contributed by atoms with Crippen LogP contribution in [0.5, 0.6) is 0 Å². The highest BCUT2D eigenvalue weighted by Gasteiger charge is 2.31. The number of aliphatic carboxylic acids is 1. The number of carbonyl (C=O) groups excluding carboxylic acids is 2. The van der Waals surface area contributed by atoms with Gasteiger partial charge in [-0.2, -0.15) is 0 Å². The first-order valence-corrected chi connectivity index (χ1v) is 26.7. The highest BCUT2D eigenvalue weighted by atomic mass is 16.6. The van der Waals surface area contributed by atoms with Gasteiger partial charge in [0.1, 0.15) is 6.61 Å². The predicted octanol–water partition coefficient (Wildman–Crippen LogP) is 15.5. The molecule has 0 fully saturated rings. The van der Waals surface area contributed by atoms with Gasteiger partial charge in [0.25, 0.3) is 0 Å². The SMILES string of the molecule is CC/C=C\C/C=C\C/C=C\C/C=C\CCCCCCCCC(=O)OC(COCCC(C(=O)O)[N+](C)(C)C)COC(=O)CCCCCCCCCCCCCCCCCCCCCCC. The first-order chi connectivity index (χ1) is 31.1. The van der Waals surface area contributed by atoms with Crippen molar-refractivity contribution in [1.82, 2.24) is 0 Å². The van der Waals surface area contributed by atoms with Crippen LogP contribution in [0.15, 0.2) is 48.6 Å². The highest BCUT2D eigenvalue weighted by molar-refractivity contribution is 5.72. The minimum absolute atomic E-state index is 0.0548. The van der Waals surface area contributed by atoms with Crippen LogP contribution in [0.3, 0.4) is 0 Å². The van der Waals surface area contributed by atoms with Crippen molar-refractivity contribution in [3.8, 4) is 0 Å². The lowest BCUT2D eigenvalue weighted by Crippen LogP contribution is -2.50. The summed E-state index contributed by atoms with van der Waals surface area (Å²) in [7, 11) is 5.54. The molecular formula is C56H102NO7+. The molecular weight excluding hydrogens is 799 g/mol. The number of ether oxygens (including phenoxy) is 3. The molecule has 0 aromatic carbocycles. The van der Waals surface area contributed by atoms with Gasteiger partial charge >= 0.3 is 17.9 Å². The van der Waals surface area contributed by atoms with Crippen molar-refractivity contribution in [3.05, 3.63) is 48.6 Å². The number of hydrogen-bond donors (Lipinski definition) is 1. The Balaban J connectivity index is 4.22. The first kappa shape index (κ1) is 61.3. The monoisotopic (exact) mass is 901 g/mol. The van der Waals surface area contributed by atoms with E-state index >= 15 is 0 Å². The van der Waals surface area contributed by atoms with E-state index < -0.39 is 18.1 Å². The maximum Gasteiger partial charge on any atom is 0.362 e. The van der Waals surface area contributed by atoms with E-state index in [9.17, 15) is 19.5 Å². The van der Waals surface area contributed by atoms with Crippen molar-refractivity contribution >= 4 is 17.9 Å². The minimum atomic E-state index is -0.876. The second-order valence-electron chi connectivity index (χ2n) is 19.1.